The molecule has 0 bridgehead atoms. The Morgan fingerprint density at radius 1 is 0.829 bits per heavy atom. The van der Waals surface area contributed by atoms with Gasteiger partial charge in [0.05, 0.1) is 11.6 Å². The highest BCUT2D eigenvalue weighted by molar-refractivity contribution is 6.30. The maximum Gasteiger partial charge on any atom is 0.128 e. The molecule has 1 fully saturated rings. The molecular formula is C29H30ClN3O2. The van der Waals surface area contributed by atoms with Gasteiger partial charge in [-0.2, -0.15) is 0 Å². The number of piperazine rings is 1. The normalized spacial score (nSPS) is 16.7. The van der Waals surface area contributed by atoms with E-state index in [1.165, 1.54) is 11.1 Å². The minimum absolute atomic E-state index is 0.184. The molecule has 1 N–H and O–H groups in total. The second kappa shape index (κ2) is 11.2. The molecule has 4 aromatic rings. The van der Waals surface area contributed by atoms with Crippen LogP contribution < -0.4 is 4.74 Å². The molecule has 1 aliphatic heterocycles. The number of aliphatic hydroxyl groups is 1. The number of nitrogens with zero attached hydrogens (tertiary/aromatic N) is 3. The van der Waals surface area contributed by atoms with Crippen LogP contribution in [0.25, 0.3) is 10.9 Å². The van der Waals surface area contributed by atoms with Gasteiger partial charge in [0.1, 0.15) is 18.5 Å². The summed E-state index contributed by atoms with van der Waals surface area (Å²) in [5.41, 5.74) is 3.41. The molecule has 0 radical (unpaired) electrons. The predicted octanol–water partition coefficient (Wildman–Crippen LogP) is 5.04. The van der Waals surface area contributed by atoms with Crippen molar-refractivity contribution >= 4 is 22.5 Å². The Bertz CT molecular complexity index is 1220. The number of ether oxygens (including phenoxy) is 1. The van der Waals surface area contributed by atoms with E-state index in [1.54, 1.807) is 6.20 Å². The summed E-state index contributed by atoms with van der Waals surface area (Å²) in [7, 11) is 0. The summed E-state index contributed by atoms with van der Waals surface area (Å²) >= 11 is 6.15. The van der Waals surface area contributed by atoms with E-state index in [1.807, 2.05) is 42.5 Å². The summed E-state index contributed by atoms with van der Waals surface area (Å²) in [6.45, 7) is 4.48. The molecule has 3 aromatic carbocycles. The summed E-state index contributed by atoms with van der Waals surface area (Å²) in [5.74, 6) is 0.758. The van der Waals surface area contributed by atoms with Crippen molar-refractivity contribution in [2.24, 2.45) is 0 Å². The highest BCUT2D eigenvalue weighted by atomic mass is 35.5. The quantitative estimate of drug-likeness (QED) is 0.377. The maximum absolute atomic E-state index is 10.7. The number of fused-ring (bicyclic) bond motifs is 1. The lowest BCUT2D eigenvalue weighted by atomic mass is 9.96. The van der Waals surface area contributed by atoms with E-state index in [-0.39, 0.29) is 12.6 Å². The number of β-amino-alcohol motifs (C(OH)–C–C–N with tert-alkyl or cyclic N) is 1. The second-order valence-electron chi connectivity index (χ2n) is 8.99. The molecule has 1 aromatic heterocycles. The summed E-state index contributed by atoms with van der Waals surface area (Å²) in [5, 5.41) is 12.4. The van der Waals surface area contributed by atoms with Crippen molar-refractivity contribution < 1.29 is 9.84 Å². The first-order valence-corrected chi connectivity index (χ1v) is 12.5. The van der Waals surface area contributed by atoms with Gasteiger partial charge >= 0.3 is 0 Å². The zero-order valence-electron chi connectivity index (χ0n) is 19.6. The van der Waals surface area contributed by atoms with Gasteiger partial charge < -0.3 is 9.84 Å². The molecule has 0 spiro atoms. The number of rotatable bonds is 8. The SMILES string of the molecule is OC(COc1cccc2ncccc12)CN1CCN(C(c2ccccc2)c2ccc(Cl)cc2)CC1. The molecule has 2 atom stereocenters. The minimum Gasteiger partial charge on any atom is -0.490 e. The number of aromatic nitrogens is 1. The fourth-order valence-electron chi connectivity index (χ4n) is 4.84. The van der Waals surface area contributed by atoms with Crippen molar-refractivity contribution in [2.45, 2.75) is 12.1 Å². The molecule has 5 nitrogen and oxygen atoms in total. The number of aliphatic hydroxyl groups excluding tert-OH is 1. The third-order valence-electron chi connectivity index (χ3n) is 6.58. The molecular weight excluding hydrogens is 458 g/mol. The van der Waals surface area contributed by atoms with Gasteiger partial charge in [0.2, 0.25) is 0 Å². The van der Waals surface area contributed by atoms with E-state index < -0.39 is 6.10 Å². The predicted molar refractivity (Wildman–Crippen MR) is 141 cm³/mol. The van der Waals surface area contributed by atoms with Gasteiger partial charge in [-0.15, -0.1) is 0 Å². The largest absolute Gasteiger partial charge is 0.490 e. The van der Waals surface area contributed by atoms with Gasteiger partial charge in [-0.1, -0.05) is 60.1 Å². The van der Waals surface area contributed by atoms with E-state index >= 15 is 0 Å². The lowest BCUT2D eigenvalue weighted by molar-refractivity contribution is 0.0404. The lowest BCUT2D eigenvalue weighted by Crippen LogP contribution is -2.50. The number of halogens is 1. The molecule has 5 rings (SSSR count). The molecule has 0 amide bonds. The van der Waals surface area contributed by atoms with Crippen molar-refractivity contribution in [3.8, 4) is 5.75 Å². The number of benzene rings is 3. The van der Waals surface area contributed by atoms with Crippen LogP contribution in [0.1, 0.15) is 17.2 Å². The molecule has 0 aliphatic carbocycles. The van der Waals surface area contributed by atoms with E-state index in [9.17, 15) is 5.11 Å². The van der Waals surface area contributed by atoms with Crippen LogP contribution in [0.3, 0.4) is 0 Å². The highest BCUT2D eigenvalue weighted by Gasteiger charge is 2.27. The zero-order valence-corrected chi connectivity index (χ0v) is 20.4. The topological polar surface area (TPSA) is 48.8 Å². The van der Waals surface area contributed by atoms with Crippen molar-refractivity contribution in [2.75, 3.05) is 39.3 Å². The van der Waals surface area contributed by atoms with Crippen LogP contribution in [-0.4, -0.2) is 65.3 Å². The van der Waals surface area contributed by atoms with Crippen LogP contribution in [-0.2, 0) is 0 Å². The summed E-state index contributed by atoms with van der Waals surface area (Å²) < 4.78 is 5.97. The Morgan fingerprint density at radius 3 is 2.34 bits per heavy atom. The third-order valence-corrected chi connectivity index (χ3v) is 6.83. The number of hydrogen-bond acceptors (Lipinski definition) is 5. The minimum atomic E-state index is -0.560. The molecule has 180 valence electrons. The molecule has 1 aliphatic rings. The van der Waals surface area contributed by atoms with Crippen LogP contribution in [0.15, 0.2) is 91.1 Å². The fourth-order valence-corrected chi connectivity index (χ4v) is 4.96. The van der Waals surface area contributed by atoms with Gasteiger partial charge in [0.15, 0.2) is 0 Å². The van der Waals surface area contributed by atoms with Crippen molar-refractivity contribution in [1.29, 1.82) is 0 Å². The van der Waals surface area contributed by atoms with Crippen molar-refractivity contribution in [3.05, 3.63) is 107 Å². The van der Waals surface area contributed by atoms with E-state index in [4.69, 9.17) is 16.3 Å². The Balaban J connectivity index is 1.18. The summed E-state index contributed by atoms with van der Waals surface area (Å²) in [6, 6.07) is 28.7. The second-order valence-corrected chi connectivity index (χ2v) is 9.43. The molecule has 35 heavy (non-hydrogen) atoms. The Hall–Kier alpha value is -2.96. The first-order chi connectivity index (χ1) is 17.2. The molecule has 2 unspecified atom stereocenters. The smallest absolute Gasteiger partial charge is 0.128 e. The zero-order chi connectivity index (χ0) is 24.0. The Labute approximate surface area is 211 Å². The molecule has 6 heteroatoms. The van der Waals surface area contributed by atoms with E-state index in [2.05, 4.69) is 57.2 Å². The molecule has 0 saturated carbocycles. The van der Waals surface area contributed by atoms with Crippen LogP contribution >= 0.6 is 11.6 Å². The van der Waals surface area contributed by atoms with E-state index in [0.29, 0.717) is 6.54 Å². The monoisotopic (exact) mass is 487 g/mol. The van der Waals surface area contributed by atoms with Crippen molar-refractivity contribution in [3.63, 3.8) is 0 Å². The van der Waals surface area contributed by atoms with Gasteiger partial charge in [0.25, 0.3) is 0 Å². The van der Waals surface area contributed by atoms with Gasteiger partial charge in [-0.3, -0.25) is 14.8 Å². The Kier molecular flexibility index (Phi) is 7.60. The maximum atomic E-state index is 10.7. The third kappa shape index (κ3) is 5.82. The Morgan fingerprint density at radius 2 is 1.57 bits per heavy atom. The standard InChI is InChI=1S/C29H30ClN3O2/c30-24-13-11-23(12-14-24)29(22-6-2-1-3-7-22)33-18-16-32(17-19-33)20-25(34)21-35-28-10-4-9-27-26(28)8-5-15-31-27/h1-15,25,29,34H,16-21H2. The molecule has 1 saturated heterocycles. The molecule has 2 heterocycles. The summed E-state index contributed by atoms with van der Waals surface area (Å²) in [4.78, 5) is 9.20. The van der Waals surface area contributed by atoms with Crippen LogP contribution in [0.5, 0.6) is 5.75 Å². The first-order valence-electron chi connectivity index (χ1n) is 12.1. The van der Waals surface area contributed by atoms with Gasteiger partial charge in [0, 0.05) is 49.3 Å². The van der Waals surface area contributed by atoms with E-state index in [0.717, 1.165) is 47.9 Å². The average molecular weight is 488 g/mol. The van der Waals surface area contributed by atoms with Crippen LogP contribution in [0, 0.1) is 0 Å². The van der Waals surface area contributed by atoms with Gasteiger partial charge in [-0.05, 0) is 47.5 Å². The highest BCUT2D eigenvalue weighted by Crippen LogP contribution is 2.30. The first kappa shape index (κ1) is 23.8. The number of hydrogen-bond donors (Lipinski definition) is 1. The van der Waals surface area contributed by atoms with Crippen LogP contribution in [0.2, 0.25) is 5.02 Å². The van der Waals surface area contributed by atoms with Crippen LogP contribution in [0.4, 0.5) is 0 Å². The lowest BCUT2D eigenvalue weighted by Gasteiger charge is -2.40. The number of pyridine rings is 1. The van der Waals surface area contributed by atoms with Gasteiger partial charge in [-0.25, -0.2) is 0 Å². The fraction of sp³-hybridized carbons (Fsp3) is 0.276. The summed E-state index contributed by atoms with van der Waals surface area (Å²) in [6.07, 6.45) is 1.21. The van der Waals surface area contributed by atoms with Crippen molar-refractivity contribution in [1.82, 2.24) is 14.8 Å². The average Bonchev–Trinajstić information content (AvgIpc) is 2.90.